The van der Waals surface area contributed by atoms with Crippen LogP contribution in [-0.4, -0.2) is 19.7 Å². The molecule has 5 rings (SSSR count). The Hall–Kier alpha value is -2.97. The molecule has 1 atom stereocenters. The summed E-state index contributed by atoms with van der Waals surface area (Å²) in [5, 5.41) is 24.3. The summed E-state index contributed by atoms with van der Waals surface area (Å²) in [5.41, 5.74) is 1.78. The zero-order valence-electron chi connectivity index (χ0n) is 13.1. The highest BCUT2D eigenvalue weighted by Crippen LogP contribution is 2.48. The third kappa shape index (κ3) is 2.19. The van der Waals surface area contributed by atoms with E-state index in [0.29, 0.717) is 11.0 Å². The largest absolute Gasteiger partial charge is 0.323 e. The van der Waals surface area contributed by atoms with Crippen LogP contribution in [0.4, 0.5) is 17.3 Å². The number of non-ortho nitro benzene ring substituents is 1. The quantitative estimate of drug-likeness (QED) is 0.351. The summed E-state index contributed by atoms with van der Waals surface area (Å²) in [6.45, 7) is 0. The fraction of sp³-hybridized carbons (Fsp3) is 0.0588. The van der Waals surface area contributed by atoms with Crippen LogP contribution < -0.4 is 5.32 Å². The summed E-state index contributed by atoms with van der Waals surface area (Å²) in [4.78, 5) is 11.9. The second-order valence-corrected chi connectivity index (χ2v) is 7.44. The molecule has 0 fully saturated rings. The lowest BCUT2D eigenvalue weighted by molar-refractivity contribution is -0.384. The van der Waals surface area contributed by atoms with E-state index in [0.717, 1.165) is 26.2 Å². The van der Waals surface area contributed by atoms with Crippen LogP contribution in [0, 0.1) is 10.1 Å². The Morgan fingerprint density at radius 3 is 3.00 bits per heavy atom. The molecule has 0 aliphatic carbocycles. The predicted molar refractivity (Wildman–Crippen MR) is 100 cm³/mol. The molecule has 128 valence electrons. The van der Waals surface area contributed by atoms with Gasteiger partial charge in [0, 0.05) is 27.2 Å². The van der Waals surface area contributed by atoms with Crippen molar-refractivity contribution in [2.24, 2.45) is 0 Å². The molecule has 1 aliphatic rings. The Bertz CT molecular complexity index is 1190. The molecule has 1 N–H and O–H groups in total. The number of hydrogen-bond acceptors (Lipinski definition) is 6. The van der Waals surface area contributed by atoms with Gasteiger partial charge < -0.3 is 5.32 Å². The van der Waals surface area contributed by atoms with Gasteiger partial charge in [0.05, 0.1) is 21.5 Å². The van der Waals surface area contributed by atoms with Crippen LogP contribution in [0.3, 0.4) is 0 Å². The standard InChI is InChI=1S/C17H10ClN5O2S/c18-10-4-5-13-12(7-10)14-16(26-13)15(22-8-19-21-17(22)20-14)9-2-1-3-11(6-9)23(24)25/h1-8,15H,(H,20,21). The first-order chi connectivity index (χ1) is 12.6. The molecule has 0 saturated carbocycles. The average Bonchev–Trinajstić information content (AvgIpc) is 3.24. The van der Waals surface area contributed by atoms with Gasteiger partial charge in [-0.2, -0.15) is 0 Å². The van der Waals surface area contributed by atoms with Crippen molar-refractivity contribution in [3.63, 3.8) is 0 Å². The van der Waals surface area contributed by atoms with Crippen LogP contribution in [0.25, 0.3) is 10.1 Å². The molecule has 1 aliphatic heterocycles. The van der Waals surface area contributed by atoms with Gasteiger partial charge in [0.2, 0.25) is 5.95 Å². The van der Waals surface area contributed by atoms with Crippen molar-refractivity contribution in [3.05, 3.63) is 74.4 Å². The van der Waals surface area contributed by atoms with Gasteiger partial charge in [0.1, 0.15) is 6.33 Å². The van der Waals surface area contributed by atoms with Crippen molar-refractivity contribution < 1.29 is 4.92 Å². The van der Waals surface area contributed by atoms with Crippen molar-refractivity contribution in [3.8, 4) is 0 Å². The zero-order chi connectivity index (χ0) is 17.8. The lowest BCUT2D eigenvalue weighted by Gasteiger charge is -2.25. The number of nitrogens with zero attached hydrogens (tertiary/aromatic N) is 4. The zero-order valence-corrected chi connectivity index (χ0v) is 14.7. The molecule has 0 spiro atoms. The summed E-state index contributed by atoms with van der Waals surface area (Å²) >= 11 is 7.80. The minimum atomic E-state index is -0.386. The molecule has 1 unspecified atom stereocenters. The first-order valence-electron chi connectivity index (χ1n) is 7.74. The topological polar surface area (TPSA) is 85.9 Å². The number of nitro groups is 1. The molecule has 2 aromatic heterocycles. The van der Waals surface area contributed by atoms with E-state index in [4.69, 9.17) is 11.6 Å². The van der Waals surface area contributed by atoms with E-state index >= 15 is 0 Å². The molecule has 9 heteroatoms. The third-order valence-electron chi connectivity index (χ3n) is 4.41. The number of rotatable bonds is 2. The Labute approximate surface area is 156 Å². The monoisotopic (exact) mass is 383 g/mol. The van der Waals surface area contributed by atoms with E-state index in [1.165, 1.54) is 6.07 Å². The highest BCUT2D eigenvalue weighted by Gasteiger charge is 2.31. The highest BCUT2D eigenvalue weighted by atomic mass is 35.5. The summed E-state index contributed by atoms with van der Waals surface area (Å²) < 4.78 is 2.97. The number of aromatic nitrogens is 3. The van der Waals surface area contributed by atoms with Crippen molar-refractivity contribution in [1.29, 1.82) is 0 Å². The fourth-order valence-corrected chi connectivity index (χ4v) is 4.73. The van der Waals surface area contributed by atoms with E-state index in [9.17, 15) is 10.1 Å². The van der Waals surface area contributed by atoms with Gasteiger partial charge >= 0.3 is 0 Å². The summed E-state index contributed by atoms with van der Waals surface area (Å²) in [5.74, 6) is 0.591. The van der Waals surface area contributed by atoms with Crippen molar-refractivity contribution in [2.75, 3.05) is 5.32 Å². The molecule has 0 bridgehead atoms. The Morgan fingerprint density at radius 1 is 1.27 bits per heavy atom. The SMILES string of the molecule is O=[N+]([O-])c1cccc(C2c3sc4ccc(Cl)cc4c3Nc3nncn32)c1. The van der Waals surface area contributed by atoms with E-state index in [1.54, 1.807) is 29.8 Å². The van der Waals surface area contributed by atoms with Crippen LogP contribution in [0.1, 0.15) is 16.5 Å². The van der Waals surface area contributed by atoms with Crippen molar-refractivity contribution >= 4 is 50.3 Å². The number of halogens is 1. The van der Waals surface area contributed by atoms with Crippen LogP contribution >= 0.6 is 22.9 Å². The fourth-order valence-electron chi connectivity index (χ4n) is 3.29. The third-order valence-corrected chi connectivity index (χ3v) is 5.87. The highest BCUT2D eigenvalue weighted by molar-refractivity contribution is 7.20. The number of thiophene rings is 1. The number of benzene rings is 2. The van der Waals surface area contributed by atoms with E-state index in [1.807, 2.05) is 28.8 Å². The Morgan fingerprint density at radius 2 is 2.15 bits per heavy atom. The molecular formula is C17H10ClN5O2S. The van der Waals surface area contributed by atoms with Gasteiger partial charge in [-0.15, -0.1) is 21.5 Å². The van der Waals surface area contributed by atoms with Gasteiger partial charge in [0.25, 0.3) is 5.69 Å². The van der Waals surface area contributed by atoms with Crippen molar-refractivity contribution in [1.82, 2.24) is 14.8 Å². The van der Waals surface area contributed by atoms with Crippen LogP contribution in [0.5, 0.6) is 0 Å². The maximum atomic E-state index is 11.2. The average molecular weight is 384 g/mol. The van der Waals surface area contributed by atoms with Crippen LogP contribution in [0.2, 0.25) is 5.02 Å². The molecule has 0 saturated heterocycles. The molecule has 0 amide bonds. The first-order valence-corrected chi connectivity index (χ1v) is 8.94. The minimum Gasteiger partial charge on any atom is -0.323 e. The Kier molecular flexibility index (Phi) is 3.25. The number of fused-ring (bicyclic) bond motifs is 4. The van der Waals surface area contributed by atoms with E-state index in [-0.39, 0.29) is 16.7 Å². The van der Waals surface area contributed by atoms with Crippen molar-refractivity contribution in [2.45, 2.75) is 6.04 Å². The van der Waals surface area contributed by atoms with Gasteiger partial charge in [-0.1, -0.05) is 23.7 Å². The van der Waals surface area contributed by atoms with Crippen LogP contribution in [0.15, 0.2) is 48.8 Å². The number of nitro benzene ring substituents is 1. The number of hydrogen-bond donors (Lipinski definition) is 1. The minimum absolute atomic E-state index is 0.0568. The normalized spacial score (nSPS) is 15.3. The van der Waals surface area contributed by atoms with Gasteiger partial charge in [-0.3, -0.25) is 14.7 Å². The lowest BCUT2D eigenvalue weighted by Crippen LogP contribution is -2.18. The smallest absolute Gasteiger partial charge is 0.269 e. The second-order valence-electron chi connectivity index (χ2n) is 5.92. The molecule has 4 aromatic rings. The second kappa shape index (κ2) is 5.52. The molecule has 3 heterocycles. The molecule has 2 aromatic carbocycles. The summed E-state index contributed by atoms with van der Waals surface area (Å²) in [6, 6.07) is 12.2. The number of anilines is 2. The van der Waals surface area contributed by atoms with E-state index < -0.39 is 0 Å². The molecular weight excluding hydrogens is 374 g/mol. The summed E-state index contributed by atoms with van der Waals surface area (Å²) in [7, 11) is 0. The Balaban J connectivity index is 1.78. The maximum absolute atomic E-state index is 11.2. The van der Waals surface area contributed by atoms with Gasteiger partial charge in [-0.25, -0.2) is 0 Å². The van der Waals surface area contributed by atoms with Gasteiger partial charge in [0.15, 0.2) is 0 Å². The lowest BCUT2D eigenvalue weighted by atomic mass is 10.0. The van der Waals surface area contributed by atoms with E-state index in [2.05, 4.69) is 15.5 Å². The first kappa shape index (κ1) is 15.3. The summed E-state index contributed by atoms with van der Waals surface area (Å²) in [6.07, 6.45) is 1.63. The van der Waals surface area contributed by atoms with Crippen LogP contribution in [-0.2, 0) is 0 Å². The van der Waals surface area contributed by atoms with Gasteiger partial charge in [-0.05, 0) is 23.8 Å². The molecule has 0 radical (unpaired) electrons. The molecule has 7 nitrogen and oxygen atoms in total. The number of nitrogens with one attached hydrogen (secondary N) is 1. The predicted octanol–water partition coefficient (Wildman–Crippen LogP) is 4.75. The maximum Gasteiger partial charge on any atom is 0.269 e. The molecule has 26 heavy (non-hydrogen) atoms.